The molecule has 0 spiro atoms. The predicted molar refractivity (Wildman–Crippen MR) is 51.8 cm³/mol. The number of likely N-dealkylation sites (tertiary alicyclic amines) is 1. The molecule has 76 valence electrons. The Labute approximate surface area is 79.7 Å². The number of piperidine rings is 1. The fourth-order valence-corrected chi connectivity index (χ4v) is 2.03. The van der Waals surface area contributed by atoms with E-state index in [1.54, 1.807) is 0 Å². The molecule has 1 rings (SSSR count). The van der Waals surface area contributed by atoms with Gasteiger partial charge in [-0.15, -0.1) is 0 Å². The molecule has 1 aliphatic heterocycles. The lowest BCUT2D eigenvalue weighted by Crippen LogP contribution is -2.37. The molecular weight excluding hydrogens is 166 g/mol. The van der Waals surface area contributed by atoms with E-state index in [4.69, 9.17) is 5.11 Å². The minimum atomic E-state index is -0.761. The molecule has 0 bridgehead atoms. The second kappa shape index (κ2) is 4.49. The molecule has 0 unspecified atom stereocenters. The van der Waals surface area contributed by atoms with Crippen LogP contribution in [0.2, 0.25) is 0 Å². The van der Waals surface area contributed by atoms with Crippen LogP contribution < -0.4 is 0 Å². The molecule has 13 heavy (non-hydrogen) atoms. The van der Waals surface area contributed by atoms with Gasteiger partial charge >= 0.3 is 6.09 Å². The van der Waals surface area contributed by atoms with Gasteiger partial charge in [-0.2, -0.15) is 0 Å². The van der Waals surface area contributed by atoms with Crippen LogP contribution in [-0.2, 0) is 0 Å². The third-order valence-corrected chi connectivity index (χ3v) is 2.69. The van der Waals surface area contributed by atoms with Gasteiger partial charge in [-0.1, -0.05) is 13.8 Å². The maximum Gasteiger partial charge on any atom is 0.407 e. The van der Waals surface area contributed by atoms with Crippen LogP contribution >= 0.6 is 0 Å². The third-order valence-electron chi connectivity index (χ3n) is 2.69. The highest BCUT2D eigenvalue weighted by Gasteiger charge is 2.22. The van der Waals surface area contributed by atoms with Crippen LogP contribution in [0.4, 0.5) is 4.79 Å². The maximum absolute atomic E-state index is 10.6. The maximum atomic E-state index is 10.6. The highest BCUT2D eigenvalue weighted by atomic mass is 16.4. The summed E-state index contributed by atoms with van der Waals surface area (Å²) in [5, 5.41) is 8.73. The second-order valence-corrected chi connectivity index (χ2v) is 4.34. The monoisotopic (exact) mass is 185 g/mol. The van der Waals surface area contributed by atoms with Crippen molar-refractivity contribution >= 4 is 6.09 Å². The average Bonchev–Trinajstić information content (AvgIpc) is 2.04. The summed E-state index contributed by atoms with van der Waals surface area (Å²) >= 11 is 0. The van der Waals surface area contributed by atoms with Gasteiger partial charge in [0.2, 0.25) is 0 Å². The van der Waals surface area contributed by atoms with E-state index in [1.807, 2.05) is 0 Å². The van der Waals surface area contributed by atoms with E-state index >= 15 is 0 Å². The van der Waals surface area contributed by atoms with Crippen molar-refractivity contribution in [3.05, 3.63) is 0 Å². The summed E-state index contributed by atoms with van der Waals surface area (Å²) in [5.74, 6) is 1.48. The molecule has 1 aliphatic rings. The number of nitrogens with zero attached hydrogens (tertiary/aromatic N) is 1. The smallest absolute Gasteiger partial charge is 0.407 e. The van der Waals surface area contributed by atoms with Crippen LogP contribution in [0, 0.1) is 11.8 Å². The fourth-order valence-electron chi connectivity index (χ4n) is 2.03. The predicted octanol–water partition coefficient (Wildman–Crippen LogP) is 2.42. The van der Waals surface area contributed by atoms with Gasteiger partial charge in [0.25, 0.3) is 0 Å². The molecule has 0 aromatic rings. The van der Waals surface area contributed by atoms with E-state index in [0.717, 1.165) is 37.8 Å². The zero-order valence-corrected chi connectivity index (χ0v) is 8.49. The number of carboxylic acid groups (broad SMARTS) is 1. The first-order chi connectivity index (χ1) is 6.09. The van der Waals surface area contributed by atoms with E-state index in [0.29, 0.717) is 0 Å². The Hall–Kier alpha value is -0.730. The molecule has 3 heteroatoms. The number of hydrogen-bond acceptors (Lipinski definition) is 1. The van der Waals surface area contributed by atoms with Gasteiger partial charge in [-0.05, 0) is 31.1 Å². The lowest BCUT2D eigenvalue weighted by atomic mass is 9.89. The molecule has 1 N–H and O–H groups in total. The Morgan fingerprint density at radius 2 is 2.00 bits per heavy atom. The van der Waals surface area contributed by atoms with Crippen LogP contribution in [0.15, 0.2) is 0 Å². The molecule has 0 aromatic heterocycles. The van der Waals surface area contributed by atoms with Crippen molar-refractivity contribution in [2.24, 2.45) is 11.8 Å². The summed E-state index contributed by atoms with van der Waals surface area (Å²) < 4.78 is 0. The molecule has 0 saturated carbocycles. The SMILES string of the molecule is CC(C)CC1CCN(C(=O)O)CC1. The highest BCUT2D eigenvalue weighted by molar-refractivity contribution is 5.64. The molecular formula is C10H19NO2. The largest absolute Gasteiger partial charge is 0.465 e. The molecule has 1 fully saturated rings. The molecule has 3 nitrogen and oxygen atoms in total. The Morgan fingerprint density at radius 3 is 2.38 bits per heavy atom. The Bertz CT molecular complexity index is 172. The molecule has 1 saturated heterocycles. The van der Waals surface area contributed by atoms with E-state index in [9.17, 15) is 4.79 Å². The summed E-state index contributed by atoms with van der Waals surface area (Å²) in [6, 6.07) is 0. The molecule has 1 heterocycles. The van der Waals surface area contributed by atoms with E-state index in [1.165, 1.54) is 11.3 Å². The summed E-state index contributed by atoms with van der Waals surface area (Å²) in [4.78, 5) is 12.1. The van der Waals surface area contributed by atoms with Crippen LogP contribution in [-0.4, -0.2) is 29.2 Å². The van der Waals surface area contributed by atoms with Crippen LogP contribution in [0.25, 0.3) is 0 Å². The molecule has 0 aromatic carbocycles. The molecule has 0 radical (unpaired) electrons. The van der Waals surface area contributed by atoms with E-state index in [2.05, 4.69) is 13.8 Å². The Balaban J connectivity index is 2.26. The number of hydrogen-bond donors (Lipinski definition) is 1. The summed E-state index contributed by atoms with van der Waals surface area (Å²) in [6.07, 6.45) is 2.57. The second-order valence-electron chi connectivity index (χ2n) is 4.34. The van der Waals surface area contributed by atoms with Crippen molar-refractivity contribution in [3.8, 4) is 0 Å². The zero-order chi connectivity index (χ0) is 9.84. The summed E-state index contributed by atoms with van der Waals surface area (Å²) in [6.45, 7) is 5.91. The number of carbonyl (C=O) groups is 1. The van der Waals surface area contributed by atoms with Gasteiger partial charge in [-0.3, -0.25) is 0 Å². The van der Waals surface area contributed by atoms with Crippen molar-refractivity contribution in [2.45, 2.75) is 33.1 Å². The normalized spacial score (nSPS) is 19.5. The van der Waals surface area contributed by atoms with Crippen molar-refractivity contribution in [1.29, 1.82) is 0 Å². The summed E-state index contributed by atoms with van der Waals surface area (Å²) in [7, 11) is 0. The van der Waals surface area contributed by atoms with Crippen LogP contribution in [0.5, 0.6) is 0 Å². The van der Waals surface area contributed by atoms with Crippen LogP contribution in [0.3, 0.4) is 0 Å². The van der Waals surface area contributed by atoms with Crippen LogP contribution in [0.1, 0.15) is 33.1 Å². The zero-order valence-electron chi connectivity index (χ0n) is 8.49. The van der Waals surface area contributed by atoms with E-state index in [-0.39, 0.29) is 0 Å². The van der Waals surface area contributed by atoms with Crippen molar-refractivity contribution in [1.82, 2.24) is 4.90 Å². The minimum absolute atomic E-state index is 0.729. The Kier molecular flexibility index (Phi) is 3.58. The minimum Gasteiger partial charge on any atom is -0.465 e. The lowest BCUT2D eigenvalue weighted by Gasteiger charge is -2.30. The van der Waals surface area contributed by atoms with Gasteiger partial charge < -0.3 is 10.0 Å². The van der Waals surface area contributed by atoms with Gasteiger partial charge in [0.05, 0.1) is 0 Å². The standard InChI is InChI=1S/C10H19NO2/c1-8(2)7-9-3-5-11(6-4-9)10(12)13/h8-9H,3-7H2,1-2H3,(H,12,13). The number of amides is 1. The highest BCUT2D eigenvalue weighted by Crippen LogP contribution is 2.23. The van der Waals surface area contributed by atoms with Crippen molar-refractivity contribution in [3.63, 3.8) is 0 Å². The van der Waals surface area contributed by atoms with Gasteiger partial charge in [0.1, 0.15) is 0 Å². The van der Waals surface area contributed by atoms with Gasteiger partial charge in [0, 0.05) is 13.1 Å². The van der Waals surface area contributed by atoms with E-state index < -0.39 is 6.09 Å². The lowest BCUT2D eigenvalue weighted by molar-refractivity contribution is 0.121. The summed E-state index contributed by atoms with van der Waals surface area (Å²) in [5.41, 5.74) is 0. The molecule has 0 atom stereocenters. The topological polar surface area (TPSA) is 40.5 Å². The van der Waals surface area contributed by atoms with Crippen molar-refractivity contribution < 1.29 is 9.90 Å². The molecule has 1 amide bonds. The number of rotatable bonds is 2. The van der Waals surface area contributed by atoms with Crippen molar-refractivity contribution in [2.75, 3.05) is 13.1 Å². The first-order valence-electron chi connectivity index (χ1n) is 5.07. The molecule has 0 aliphatic carbocycles. The quantitative estimate of drug-likeness (QED) is 0.717. The fraction of sp³-hybridized carbons (Fsp3) is 0.900. The van der Waals surface area contributed by atoms with Gasteiger partial charge in [0.15, 0.2) is 0 Å². The first kappa shape index (κ1) is 10.4. The third kappa shape index (κ3) is 3.25. The Morgan fingerprint density at radius 1 is 1.46 bits per heavy atom. The average molecular weight is 185 g/mol. The first-order valence-corrected chi connectivity index (χ1v) is 5.07. The van der Waals surface area contributed by atoms with Gasteiger partial charge in [-0.25, -0.2) is 4.79 Å².